The number of hydrogen-bond acceptors (Lipinski definition) is 0. The standard InChI is InChI=1S/C5H4B.Y/c1-2-4-6-5-3-1;/h2-5H;. The molecule has 30 valence electrons. The summed E-state index contributed by atoms with van der Waals surface area (Å²) in [7, 11) is 0. The summed E-state index contributed by atoms with van der Waals surface area (Å²) in [5.74, 6) is 3.89. The van der Waals surface area contributed by atoms with Gasteiger partial charge in [-0.1, -0.05) is 0 Å². The third-order valence-corrected chi connectivity index (χ3v) is 0.607. The molecule has 2 heteroatoms. The Morgan fingerprint density at radius 3 is 1.86 bits per heavy atom. The first-order valence-corrected chi connectivity index (χ1v) is 1.91. The molecular formula is C5H4BY. The van der Waals surface area contributed by atoms with Crippen molar-refractivity contribution < 1.29 is 32.7 Å². The van der Waals surface area contributed by atoms with Gasteiger partial charge >= 0.3 is 37.0 Å². The molecule has 1 heterocycles. The Labute approximate surface area is 69.4 Å². The van der Waals surface area contributed by atoms with Gasteiger partial charge in [0.2, 0.25) is 0 Å². The summed E-state index contributed by atoms with van der Waals surface area (Å²) in [4.78, 5) is 0. The van der Waals surface area contributed by atoms with Gasteiger partial charge in [-0.15, -0.1) is 0 Å². The normalized spacial score (nSPS) is 6.29. The fraction of sp³-hybridized carbons (Fsp3) is 0. The van der Waals surface area contributed by atoms with Crippen molar-refractivity contribution in [1.82, 2.24) is 0 Å². The summed E-state index contributed by atoms with van der Waals surface area (Å²) < 4.78 is 0. The maximum absolute atomic E-state index is 2.89. The van der Waals surface area contributed by atoms with Crippen molar-refractivity contribution in [3.05, 3.63) is 30.1 Å². The van der Waals surface area contributed by atoms with Gasteiger partial charge in [-0.2, -0.15) is 0 Å². The second-order valence-corrected chi connectivity index (χ2v) is 1.08. The molecule has 0 unspecified atom stereocenters. The predicted octanol–water partition coefficient (Wildman–Crippen LogP) is 0.822. The zero-order chi connectivity index (χ0) is 4.24. The van der Waals surface area contributed by atoms with Gasteiger partial charge in [-0.05, 0) is 0 Å². The van der Waals surface area contributed by atoms with Gasteiger partial charge < -0.3 is 0 Å². The molecule has 0 bridgehead atoms. The molecule has 0 spiro atoms. The van der Waals surface area contributed by atoms with E-state index in [9.17, 15) is 0 Å². The van der Waals surface area contributed by atoms with Gasteiger partial charge in [0.1, 0.15) is 0 Å². The molecule has 1 rings (SSSR count). The molecule has 0 fully saturated rings. The van der Waals surface area contributed by atoms with Crippen LogP contribution in [0.1, 0.15) is 0 Å². The van der Waals surface area contributed by atoms with Crippen LogP contribution in [0.4, 0.5) is 0 Å². The van der Waals surface area contributed by atoms with Crippen molar-refractivity contribution in [2.45, 2.75) is 0 Å². The second kappa shape index (κ2) is 4.67. The van der Waals surface area contributed by atoms with Crippen LogP contribution in [-0.4, -0.2) is 6.91 Å². The summed E-state index contributed by atoms with van der Waals surface area (Å²) in [6.45, 7) is 1.97. The van der Waals surface area contributed by atoms with Gasteiger partial charge in [0.05, 0.1) is 0 Å². The monoisotopic (exact) mass is 164 g/mol. The Bertz CT molecular complexity index is 80.0. The molecule has 0 aliphatic carbocycles. The average Bonchev–Trinajstić information content (AvgIpc) is 1.72. The summed E-state index contributed by atoms with van der Waals surface area (Å²) in [5, 5.41) is 0. The van der Waals surface area contributed by atoms with Crippen LogP contribution >= 0.6 is 0 Å². The molecule has 0 amide bonds. The molecular weight excluding hydrogens is 160 g/mol. The van der Waals surface area contributed by atoms with E-state index >= 15 is 0 Å². The summed E-state index contributed by atoms with van der Waals surface area (Å²) in [5.41, 5.74) is 0. The van der Waals surface area contributed by atoms with E-state index in [1.807, 2.05) is 31.0 Å². The zero-order valence-corrected chi connectivity index (χ0v) is 6.80. The Hall–Kier alpha value is 0.519. The van der Waals surface area contributed by atoms with Crippen molar-refractivity contribution >= 4 is 6.91 Å². The van der Waals surface area contributed by atoms with Gasteiger partial charge in [-0.25, -0.2) is 0 Å². The quantitative estimate of drug-likeness (QED) is 0.532. The molecule has 1 aromatic rings. The first-order chi connectivity index (χ1) is 3.00. The fourth-order valence-corrected chi connectivity index (χ4v) is 0.342. The molecule has 0 saturated carbocycles. The van der Waals surface area contributed by atoms with E-state index in [4.69, 9.17) is 0 Å². The minimum atomic E-state index is 0. The van der Waals surface area contributed by atoms with Crippen LogP contribution in [0.5, 0.6) is 0 Å². The van der Waals surface area contributed by atoms with Gasteiger partial charge in [-0.3, -0.25) is 0 Å². The van der Waals surface area contributed by atoms with E-state index < -0.39 is 0 Å². The van der Waals surface area contributed by atoms with E-state index in [0.29, 0.717) is 0 Å². The van der Waals surface area contributed by atoms with Crippen LogP contribution in [0.2, 0.25) is 0 Å². The second-order valence-electron chi connectivity index (χ2n) is 1.08. The molecule has 0 N–H and O–H groups in total. The Balaban J connectivity index is 0.000000360. The maximum atomic E-state index is 2.89. The van der Waals surface area contributed by atoms with Crippen molar-refractivity contribution in [1.29, 1.82) is 0 Å². The van der Waals surface area contributed by atoms with Crippen LogP contribution in [0, 0.1) is 6.07 Å². The van der Waals surface area contributed by atoms with E-state index in [2.05, 4.69) is 6.07 Å². The van der Waals surface area contributed by atoms with Gasteiger partial charge in [0, 0.05) is 32.7 Å². The van der Waals surface area contributed by atoms with Crippen LogP contribution in [0.25, 0.3) is 0 Å². The summed E-state index contributed by atoms with van der Waals surface area (Å²) >= 11 is 0. The van der Waals surface area contributed by atoms with Crippen LogP contribution in [0.15, 0.2) is 24.1 Å². The Kier molecular flexibility index (Phi) is 5.02. The first-order valence-electron chi connectivity index (χ1n) is 1.91. The fourth-order valence-electron chi connectivity index (χ4n) is 0.342. The first kappa shape index (κ1) is 7.52. The molecule has 0 atom stereocenters. The van der Waals surface area contributed by atoms with Gasteiger partial charge in [0.25, 0.3) is 0 Å². The van der Waals surface area contributed by atoms with Crippen molar-refractivity contribution in [2.24, 2.45) is 0 Å². The van der Waals surface area contributed by atoms with Crippen LogP contribution < -0.4 is 0 Å². The summed E-state index contributed by atoms with van der Waals surface area (Å²) in [6.07, 6.45) is 0. The van der Waals surface area contributed by atoms with E-state index in [1.54, 1.807) is 0 Å². The van der Waals surface area contributed by atoms with Gasteiger partial charge in [0.15, 0.2) is 0 Å². The molecule has 0 aliphatic heterocycles. The van der Waals surface area contributed by atoms with Crippen LogP contribution in [0.3, 0.4) is 0 Å². The topological polar surface area (TPSA) is 0 Å². The number of rotatable bonds is 0. The predicted molar refractivity (Wildman–Crippen MR) is 26.6 cm³/mol. The molecule has 0 aromatic carbocycles. The zero-order valence-electron chi connectivity index (χ0n) is 3.96. The molecule has 7 heavy (non-hydrogen) atoms. The summed E-state index contributed by atoms with van der Waals surface area (Å²) in [6, 6.07) is 6.64. The van der Waals surface area contributed by atoms with Crippen molar-refractivity contribution in [3.63, 3.8) is 0 Å². The Morgan fingerprint density at radius 2 is 1.71 bits per heavy atom. The number of hydrogen-bond donors (Lipinski definition) is 0. The minimum absolute atomic E-state index is 0. The molecule has 0 saturated heterocycles. The van der Waals surface area contributed by atoms with E-state index in [1.165, 1.54) is 0 Å². The van der Waals surface area contributed by atoms with Crippen LogP contribution in [-0.2, 0) is 32.7 Å². The van der Waals surface area contributed by atoms with Crippen molar-refractivity contribution in [2.75, 3.05) is 0 Å². The third-order valence-electron chi connectivity index (χ3n) is 0.607. The van der Waals surface area contributed by atoms with E-state index in [0.717, 1.165) is 0 Å². The van der Waals surface area contributed by atoms with Crippen molar-refractivity contribution in [3.8, 4) is 0 Å². The SMILES string of the molecule is [Y].b1cc[c]cc1. The molecule has 0 nitrogen and oxygen atoms in total. The molecule has 1 aromatic heterocycles. The molecule has 0 aliphatic rings. The third kappa shape index (κ3) is 3.13. The van der Waals surface area contributed by atoms with E-state index in [-0.39, 0.29) is 32.7 Å². The molecule has 2 radical (unpaired) electrons. The Morgan fingerprint density at radius 1 is 1.14 bits per heavy atom. The average molecular weight is 164 g/mol.